The number of ketones is 6. The van der Waals surface area contributed by atoms with Crippen LogP contribution in [0.5, 0.6) is 0 Å². The van der Waals surface area contributed by atoms with Gasteiger partial charge in [0.2, 0.25) is 29.5 Å². The second-order valence-electron chi connectivity index (χ2n) is 27.3. The number of nitrogens with one attached hydrogen (secondary N) is 5. The first-order chi connectivity index (χ1) is 51.4. The van der Waals surface area contributed by atoms with Crippen molar-refractivity contribution in [3.05, 3.63) is 0 Å². The van der Waals surface area contributed by atoms with Crippen molar-refractivity contribution in [3.8, 4) is 0 Å². The van der Waals surface area contributed by atoms with Crippen LogP contribution in [-0.4, -0.2) is 227 Å². The summed E-state index contributed by atoms with van der Waals surface area (Å²) < 4.78 is 21.7. The first-order valence-corrected chi connectivity index (χ1v) is 45.4. The number of unbranched alkanes of at least 4 members (excludes halogenated alkanes) is 14. The summed E-state index contributed by atoms with van der Waals surface area (Å²) in [6.45, 7) is 12.4. The fourth-order valence-electron chi connectivity index (χ4n) is 9.97. The molecule has 0 aromatic heterocycles. The summed E-state index contributed by atoms with van der Waals surface area (Å²) in [5.41, 5.74) is 0. The molecule has 0 spiro atoms. The first-order valence-electron chi connectivity index (χ1n) is 37.9. The molecule has 5 amide bonds. The van der Waals surface area contributed by atoms with Crippen LogP contribution in [0.25, 0.3) is 0 Å². The Bertz CT molecular complexity index is 2720. The normalized spacial score (nSPS) is 13.8. The molecule has 0 saturated heterocycles. The highest BCUT2D eigenvalue weighted by atomic mass is 33.1. The highest BCUT2D eigenvalue weighted by Crippen LogP contribution is 2.33. The zero-order valence-corrected chi connectivity index (χ0v) is 69.5. The van der Waals surface area contributed by atoms with Crippen LogP contribution in [0.1, 0.15) is 230 Å². The molecule has 28 nitrogen and oxygen atoms in total. The Balaban J connectivity index is -0.00000382. The zero-order chi connectivity index (χ0) is 80.9. The van der Waals surface area contributed by atoms with E-state index < -0.39 is 83.9 Å². The molecule has 0 fully saturated rings. The van der Waals surface area contributed by atoms with Crippen molar-refractivity contribution in [1.82, 2.24) is 26.6 Å². The average molecular weight is 1660 g/mol. The molecule has 0 radical (unpaired) electrons. The number of hydrogen-bond acceptors (Lipinski definition) is 25. The first kappa shape index (κ1) is 103. The van der Waals surface area contributed by atoms with Crippen molar-refractivity contribution in [2.45, 2.75) is 240 Å². The Morgan fingerprint density at radius 2 is 0.750 bits per heavy atom. The van der Waals surface area contributed by atoms with E-state index in [2.05, 4.69) is 26.6 Å². The molecule has 9 atom stereocenters. The van der Waals surface area contributed by atoms with Crippen LogP contribution < -0.4 is 26.6 Å². The van der Waals surface area contributed by atoms with Gasteiger partial charge in [0.1, 0.15) is 60.3 Å². The maximum absolute atomic E-state index is 13.4. The second-order valence-corrected chi connectivity index (χ2v) is 34.9. The van der Waals surface area contributed by atoms with Gasteiger partial charge in [-0.1, -0.05) is 170 Å². The molecule has 9 N–H and O–H groups in total. The largest absolute Gasteiger partial charge is 0.481 e. The number of aliphatic carboxylic acids is 4. The average Bonchev–Trinajstić information content (AvgIpc) is 0.886. The van der Waals surface area contributed by atoms with E-state index in [1.807, 2.05) is 13.8 Å². The smallest absolute Gasteiger partial charge is 0.326 e. The highest BCUT2D eigenvalue weighted by Gasteiger charge is 2.30. The lowest BCUT2D eigenvalue weighted by atomic mass is 9.95. The molecule has 34 heteroatoms. The van der Waals surface area contributed by atoms with Gasteiger partial charge in [0.05, 0.1) is 33.0 Å². The summed E-state index contributed by atoms with van der Waals surface area (Å²) in [6.07, 6.45) is 15.6. The topological polar surface area (TPSA) is 434 Å². The van der Waals surface area contributed by atoms with E-state index in [1.54, 1.807) is 20.8 Å². The molecule has 0 bridgehead atoms. The zero-order valence-electron chi connectivity index (χ0n) is 64.6. The minimum Gasteiger partial charge on any atom is -0.481 e. The molecule has 0 aliphatic rings. The van der Waals surface area contributed by atoms with Gasteiger partial charge in [-0.25, -0.2) is 9.59 Å². The molecule has 0 aromatic rings. The number of amides is 5. The third-order valence-corrected chi connectivity index (χ3v) is 25.4. The summed E-state index contributed by atoms with van der Waals surface area (Å²) in [7, 11) is 8.55. The van der Waals surface area contributed by atoms with Gasteiger partial charge in [0.25, 0.3) is 0 Å². The number of rotatable bonds is 76. The molecule has 0 aliphatic carbocycles. The molecule has 0 aliphatic heterocycles. The van der Waals surface area contributed by atoms with E-state index in [0.717, 1.165) is 51.4 Å². The summed E-state index contributed by atoms with van der Waals surface area (Å²) in [4.78, 5) is 185. The van der Waals surface area contributed by atoms with Gasteiger partial charge in [0.15, 0.2) is 5.78 Å². The summed E-state index contributed by atoms with van der Waals surface area (Å²) in [5, 5.41) is 50.4. The van der Waals surface area contributed by atoms with Crippen molar-refractivity contribution in [3.63, 3.8) is 0 Å². The second kappa shape index (κ2) is 66.8. The number of carboxylic acid groups (broad SMARTS) is 4. The lowest BCUT2D eigenvalue weighted by Gasteiger charge is -2.22. The van der Waals surface area contributed by atoms with Crippen LogP contribution in [0.4, 0.5) is 0 Å². The number of carbonyl (C=O) groups excluding carboxylic acids is 11. The number of ether oxygens (including phenoxy) is 4. The fraction of sp³-hybridized carbons (Fsp3) is 0.797. The summed E-state index contributed by atoms with van der Waals surface area (Å²) in [5.74, 6) is -7.37. The summed E-state index contributed by atoms with van der Waals surface area (Å²) in [6, 6.07) is -3.94. The van der Waals surface area contributed by atoms with Gasteiger partial charge in [-0.05, 0) is 72.1 Å². The summed E-state index contributed by atoms with van der Waals surface area (Å²) >= 11 is 0. The van der Waals surface area contributed by atoms with Crippen molar-refractivity contribution in [1.29, 1.82) is 0 Å². The van der Waals surface area contributed by atoms with E-state index in [4.69, 9.17) is 24.1 Å². The lowest BCUT2D eigenvalue weighted by molar-refractivity contribution is -0.143. The van der Waals surface area contributed by atoms with E-state index in [9.17, 15) is 87.2 Å². The Kier molecular flexibility index (Phi) is 63.8. The van der Waals surface area contributed by atoms with Gasteiger partial charge in [0, 0.05) is 143 Å². The lowest BCUT2D eigenvalue weighted by Crippen LogP contribution is -2.52. The Labute approximate surface area is 671 Å². The fourth-order valence-corrected chi connectivity index (χ4v) is 18.3. The molecule has 108 heavy (non-hydrogen) atoms. The molecular formula is C74H137N5O23S6. The number of carbonyl (C=O) groups is 15. The van der Waals surface area contributed by atoms with Gasteiger partial charge in [-0.15, -0.1) is 0 Å². The highest BCUT2D eigenvalue weighted by molar-refractivity contribution is 8.77. The molecule has 0 rings (SSSR count). The van der Waals surface area contributed by atoms with Crippen LogP contribution in [0.3, 0.4) is 0 Å². The maximum Gasteiger partial charge on any atom is 0.326 e. The van der Waals surface area contributed by atoms with Crippen LogP contribution in [-0.2, 0) is 90.9 Å². The van der Waals surface area contributed by atoms with E-state index in [1.165, 1.54) is 111 Å². The van der Waals surface area contributed by atoms with E-state index in [-0.39, 0.29) is 214 Å². The van der Waals surface area contributed by atoms with Gasteiger partial charge < -0.3 is 66.0 Å². The van der Waals surface area contributed by atoms with E-state index in [0.29, 0.717) is 42.3 Å². The SMILES string of the molecule is CC(=O)[C@H](CSSC[C@H](C)C(C)=O)CC(=O)[C@@H](C)CSSC[C@H](C)C(=O)C[C@@H](CSSC[C@H](C)C(=O)N[C@@H](CCC(=O)O)C(=O)N[C@@H](CCCCNC(=O)COCCOCCCC(=O)COCCOCCNC(=O)CC[C@H](NC(=O)CCCCCCCCCCCCCCCCC(=O)O)C(=O)O)C(=O)O)C(C)=O.[HH].[HH].[HH].[HH].[HH].[HH]. The Hall–Kier alpha value is -4.81. The van der Waals surface area contributed by atoms with Gasteiger partial charge in [-0.3, -0.25) is 62.3 Å². The molecule has 0 saturated carbocycles. The predicted octanol–water partition coefficient (Wildman–Crippen LogP) is 11.5. The molecular weight excluding hydrogens is 1520 g/mol. The van der Waals surface area contributed by atoms with Crippen molar-refractivity contribution < 1.29 is 120 Å². The van der Waals surface area contributed by atoms with Crippen LogP contribution in [0.2, 0.25) is 0 Å². The third kappa shape index (κ3) is 59.0. The monoisotopic (exact) mass is 1660 g/mol. The molecule has 0 unspecified atom stereocenters. The van der Waals surface area contributed by atoms with Crippen LogP contribution in [0, 0.1) is 35.5 Å². The van der Waals surface area contributed by atoms with Crippen molar-refractivity contribution in [2.75, 3.05) is 100 Å². The Morgan fingerprint density at radius 3 is 1.24 bits per heavy atom. The van der Waals surface area contributed by atoms with Crippen LogP contribution >= 0.6 is 64.8 Å². The number of carboxylic acids is 4. The number of Topliss-reactive ketones (excluding diaryl/α,β-unsaturated/α-hetero) is 6. The molecule has 0 heterocycles. The Morgan fingerprint density at radius 1 is 0.333 bits per heavy atom. The van der Waals surface area contributed by atoms with Gasteiger partial charge >= 0.3 is 23.9 Å². The van der Waals surface area contributed by atoms with Crippen LogP contribution in [0.15, 0.2) is 0 Å². The van der Waals surface area contributed by atoms with Crippen molar-refractivity contribution in [2.24, 2.45) is 35.5 Å². The standard InChI is InChI=1S/C74H125N5O23S6.6H2/c1-51(55(5)80)45-103-107-49-58(56(6)81)41-64(84)52(2)46-104-105-47-53(3)65(85)42-59(57(7)82)50-108-106-48-54(4)71(93)78-61(30-32-70(91)92)72(94)79-62(73(95)96)26-22-23-33-75-68(88)44-102-40-37-99-35-24-25-60(83)43-101-39-38-100-36-34-76-66(86)31-29-63(74(97)98)77-67(87)27-20-18-16-14-12-10-8-9-11-13-15-17-19-21-28-69(89)90;;;;;;/h51-54,58-59,61-63H,8-50H2,1-7H3,(H,75,88)(H,76,86)(H,77,87)(H,78,93)(H,79,94)(H,89,90)(H,91,92)(H,95,96)(H,97,98);6*1H/t51-,52-,53-,54-,58-,59-,61-,62-,63-;;;;;;/m0....../s1. The molecule has 632 valence electrons. The molecule has 0 aromatic carbocycles. The van der Waals surface area contributed by atoms with Crippen molar-refractivity contribution >= 4 is 153 Å². The minimum absolute atomic E-state index is 0. The maximum atomic E-state index is 13.4. The quantitative estimate of drug-likeness (QED) is 0.0202. The van der Waals surface area contributed by atoms with E-state index >= 15 is 0 Å². The van der Waals surface area contributed by atoms with Gasteiger partial charge in [-0.2, -0.15) is 0 Å². The minimum atomic E-state index is -1.39. The number of hydrogen-bond donors (Lipinski definition) is 9. The third-order valence-electron chi connectivity index (χ3n) is 17.4. The predicted molar refractivity (Wildman–Crippen MR) is 438 cm³/mol.